The molecular formula is C24H46N2O5. The molecule has 1 amide bonds. The van der Waals surface area contributed by atoms with Gasteiger partial charge in [0.25, 0.3) is 0 Å². The molecule has 2 saturated heterocycles. The number of ether oxygens (including phenoxy) is 2. The van der Waals surface area contributed by atoms with Crippen LogP contribution in [0, 0.1) is 17.8 Å². The number of rotatable bonds is 4. The highest BCUT2D eigenvalue weighted by atomic mass is 16.7. The Labute approximate surface area is 188 Å². The molecule has 0 spiro atoms. The smallest absolute Gasteiger partial charge is 0.225 e. The van der Waals surface area contributed by atoms with Crippen molar-refractivity contribution in [3.05, 3.63) is 0 Å². The van der Waals surface area contributed by atoms with Gasteiger partial charge in [0, 0.05) is 6.54 Å². The van der Waals surface area contributed by atoms with Crippen LogP contribution in [0.1, 0.15) is 79.1 Å². The number of carbonyl (C=O) groups excluding carboxylic acids is 1. The van der Waals surface area contributed by atoms with Crippen molar-refractivity contribution in [1.29, 1.82) is 0 Å². The highest BCUT2D eigenvalue weighted by Gasteiger charge is 2.44. The largest absolute Gasteiger partial charge is 0.389 e. The molecule has 2 fully saturated rings. The zero-order valence-corrected chi connectivity index (χ0v) is 20.2. The van der Waals surface area contributed by atoms with E-state index in [0.717, 1.165) is 31.6 Å². The summed E-state index contributed by atoms with van der Waals surface area (Å²) in [6.07, 6.45) is 5.24. The van der Waals surface area contributed by atoms with Crippen molar-refractivity contribution in [1.82, 2.24) is 10.6 Å². The number of aliphatic hydroxyl groups excluding tert-OH is 2. The predicted molar refractivity (Wildman–Crippen MR) is 122 cm³/mol. The molecule has 2 rings (SSSR count). The van der Waals surface area contributed by atoms with Gasteiger partial charge in [-0.05, 0) is 51.5 Å². The topological polar surface area (TPSA) is 100 Å². The van der Waals surface area contributed by atoms with Crippen molar-refractivity contribution < 1.29 is 24.5 Å². The zero-order valence-electron chi connectivity index (χ0n) is 20.2. The summed E-state index contributed by atoms with van der Waals surface area (Å²) in [6, 6.07) is -0.540. The molecule has 0 aromatic rings. The van der Waals surface area contributed by atoms with Crippen LogP contribution in [0.25, 0.3) is 0 Å². The number of aliphatic hydroxyl groups is 2. The first-order valence-corrected chi connectivity index (χ1v) is 12.4. The number of likely N-dealkylation sites (N-methyl/N-ethyl adjacent to an activating group) is 1. The standard InChI is InChI=1S/C24H46N2O5/c1-6-18-10-7-9-15(2)12-13-19(16(3)23(29)26-14-8-11-18)31-24-22(28)20(25-5)21(27)17(4)30-24/h15-22,24-25,27-28H,6-14H2,1-5H3,(H,26,29). The van der Waals surface area contributed by atoms with E-state index in [1.54, 1.807) is 14.0 Å². The minimum Gasteiger partial charge on any atom is -0.389 e. The van der Waals surface area contributed by atoms with E-state index in [-0.39, 0.29) is 17.9 Å². The summed E-state index contributed by atoms with van der Waals surface area (Å²) in [7, 11) is 1.70. The van der Waals surface area contributed by atoms with Crippen LogP contribution in [0.2, 0.25) is 0 Å². The van der Waals surface area contributed by atoms with Crippen molar-refractivity contribution in [2.45, 2.75) is 116 Å². The van der Waals surface area contributed by atoms with Crippen LogP contribution in [-0.4, -0.2) is 66.5 Å². The second kappa shape index (κ2) is 13.1. The number of carbonyl (C=O) groups is 1. The summed E-state index contributed by atoms with van der Waals surface area (Å²) < 4.78 is 12.0. The third-order valence-electron chi connectivity index (χ3n) is 7.38. The minimum absolute atomic E-state index is 0.00805. The third kappa shape index (κ3) is 7.67. The number of nitrogens with one attached hydrogen (secondary N) is 2. The van der Waals surface area contributed by atoms with E-state index in [1.807, 2.05) is 6.92 Å². The lowest BCUT2D eigenvalue weighted by atomic mass is 9.88. The van der Waals surface area contributed by atoms with Gasteiger partial charge in [0.1, 0.15) is 6.10 Å². The van der Waals surface area contributed by atoms with Crippen molar-refractivity contribution in [2.24, 2.45) is 17.8 Å². The summed E-state index contributed by atoms with van der Waals surface area (Å²) in [6.45, 7) is 8.90. The molecule has 7 nitrogen and oxygen atoms in total. The zero-order chi connectivity index (χ0) is 23.0. The van der Waals surface area contributed by atoms with Crippen molar-refractivity contribution >= 4 is 5.91 Å². The van der Waals surface area contributed by atoms with Crippen molar-refractivity contribution in [3.63, 3.8) is 0 Å². The lowest BCUT2D eigenvalue weighted by Gasteiger charge is -2.43. The molecule has 31 heavy (non-hydrogen) atoms. The lowest BCUT2D eigenvalue weighted by molar-refractivity contribution is -0.287. The molecule has 0 aliphatic carbocycles. The maximum absolute atomic E-state index is 12.8. The Morgan fingerprint density at radius 1 is 1.06 bits per heavy atom. The van der Waals surface area contributed by atoms with Crippen LogP contribution < -0.4 is 10.6 Å². The Morgan fingerprint density at radius 3 is 2.45 bits per heavy atom. The predicted octanol–water partition coefficient (Wildman–Crippen LogP) is 2.59. The summed E-state index contributed by atoms with van der Waals surface area (Å²) in [4.78, 5) is 12.8. The Hall–Kier alpha value is -0.730. The molecule has 9 unspecified atom stereocenters. The first-order chi connectivity index (χ1) is 14.8. The van der Waals surface area contributed by atoms with Gasteiger partial charge < -0.3 is 30.3 Å². The molecular weight excluding hydrogens is 396 g/mol. The quantitative estimate of drug-likeness (QED) is 0.534. The summed E-state index contributed by atoms with van der Waals surface area (Å²) in [5.41, 5.74) is 0. The van der Waals surface area contributed by atoms with Crippen molar-refractivity contribution in [2.75, 3.05) is 13.6 Å². The molecule has 2 aliphatic rings. The Morgan fingerprint density at radius 2 is 1.77 bits per heavy atom. The van der Waals surface area contributed by atoms with Crippen LogP contribution in [0.15, 0.2) is 0 Å². The first-order valence-electron chi connectivity index (χ1n) is 12.4. The molecule has 2 aliphatic heterocycles. The monoisotopic (exact) mass is 442 g/mol. The average Bonchev–Trinajstić information content (AvgIpc) is 2.75. The number of amides is 1. The maximum atomic E-state index is 12.8. The molecule has 182 valence electrons. The van der Waals surface area contributed by atoms with Crippen LogP contribution in [-0.2, 0) is 14.3 Å². The van der Waals surface area contributed by atoms with E-state index < -0.39 is 30.6 Å². The van der Waals surface area contributed by atoms with Crippen LogP contribution >= 0.6 is 0 Å². The molecule has 0 radical (unpaired) electrons. The van der Waals surface area contributed by atoms with Crippen LogP contribution in [0.4, 0.5) is 0 Å². The highest BCUT2D eigenvalue weighted by Crippen LogP contribution is 2.28. The highest BCUT2D eigenvalue weighted by molar-refractivity contribution is 5.78. The van der Waals surface area contributed by atoms with Crippen LogP contribution in [0.3, 0.4) is 0 Å². The van der Waals surface area contributed by atoms with E-state index in [1.165, 1.54) is 25.7 Å². The summed E-state index contributed by atoms with van der Waals surface area (Å²) in [5, 5.41) is 27.0. The van der Waals surface area contributed by atoms with E-state index in [0.29, 0.717) is 12.5 Å². The SMILES string of the molecule is CCC1CCCNC(=O)C(C)C(OC2OC(C)C(O)C(NC)C2O)CCC(C)CCC1. The fourth-order valence-corrected chi connectivity index (χ4v) is 4.93. The Bertz CT molecular complexity index is 534. The Kier molecular flexibility index (Phi) is 11.2. The van der Waals surface area contributed by atoms with Gasteiger partial charge in [-0.2, -0.15) is 0 Å². The maximum Gasteiger partial charge on any atom is 0.225 e. The molecule has 9 atom stereocenters. The van der Waals surface area contributed by atoms with E-state index >= 15 is 0 Å². The molecule has 7 heteroatoms. The van der Waals surface area contributed by atoms with E-state index in [2.05, 4.69) is 24.5 Å². The fraction of sp³-hybridized carbons (Fsp3) is 0.958. The second-order valence-corrected chi connectivity index (χ2v) is 9.79. The third-order valence-corrected chi connectivity index (χ3v) is 7.38. The summed E-state index contributed by atoms with van der Waals surface area (Å²) >= 11 is 0. The average molecular weight is 443 g/mol. The van der Waals surface area contributed by atoms with Gasteiger partial charge >= 0.3 is 0 Å². The molecule has 0 aromatic heterocycles. The lowest BCUT2D eigenvalue weighted by Crippen LogP contribution is -2.62. The van der Waals surface area contributed by atoms with Crippen LogP contribution in [0.5, 0.6) is 0 Å². The Balaban J connectivity index is 2.08. The van der Waals surface area contributed by atoms with Gasteiger partial charge in [-0.3, -0.25) is 4.79 Å². The van der Waals surface area contributed by atoms with Gasteiger partial charge in [0.05, 0.1) is 30.3 Å². The number of hydrogen-bond acceptors (Lipinski definition) is 6. The normalized spacial score (nSPS) is 41.9. The first kappa shape index (κ1) is 26.5. The molecule has 0 saturated carbocycles. The second-order valence-electron chi connectivity index (χ2n) is 9.79. The molecule has 0 aromatic carbocycles. The molecule has 4 N–H and O–H groups in total. The van der Waals surface area contributed by atoms with Gasteiger partial charge in [-0.1, -0.05) is 46.5 Å². The molecule has 0 bridgehead atoms. The van der Waals surface area contributed by atoms with E-state index in [9.17, 15) is 15.0 Å². The molecule has 2 heterocycles. The minimum atomic E-state index is -1.01. The fourth-order valence-electron chi connectivity index (χ4n) is 4.93. The number of hydrogen-bond donors (Lipinski definition) is 4. The van der Waals surface area contributed by atoms with Crippen molar-refractivity contribution in [3.8, 4) is 0 Å². The summed E-state index contributed by atoms with van der Waals surface area (Å²) in [5.74, 6) is 0.960. The van der Waals surface area contributed by atoms with E-state index in [4.69, 9.17) is 9.47 Å². The van der Waals surface area contributed by atoms with Gasteiger partial charge in [-0.15, -0.1) is 0 Å². The van der Waals surface area contributed by atoms with Gasteiger partial charge in [-0.25, -0.2) is 0 Å². The van der Waals surface area contributed by atoms with Gasteiger partial charge in [0.15, 0.2) is 6.29 Å². The van der Waals surface area contributed by atoms with Gasteiger partial charge in [0.2, 0.25) is 5.91 Å².